The maximum atomic E-state index is 6.56. The maximum absolute atomic E-state index is 6.56. The molecule has 6 heteroatoms. The molecular formula is C46H27N3O3. The van der Waals surface area contributed by atoms with Crippen molar-refractivity contribution < 1.29 is 13.9 Å². The van der Waals surface area contributed by atoms with E-state index < -0.39 is 0 Å². The highest BCUT2D eigenvalue weighted by atomic mass is 16.5. The number of fused-ring (bicyclic) bond motifs is 7. The third-order valence-corrected chi connectivity index (χ3v) is 9.85. The summed E-state index contributed by atoms with van der Waals surface area (Å²) >= 11 is 0. The molecule has 0 saturated heterocycles. The topological polar surface area (TPSA) is 60.6 Å². The molecule has 11 rings (SSSR count). The molecule has 0 aliphatic carbocycles. The summed E-state index contributed by atoms with van der Waals surface area (Å²) in [7, 11) is 0. The molecule has 2 aliphatic heterocycles. The molecular weight excluding hydrogens is 643 g/mol. The lowest BCUT2D eigenvalue weighted by molar-refractivity contribution is 0.446. The minimum atomic E-state index is 0.635. The third kappa shape index (κ3) is 4.44. The Morgan fingerprint density at radius 3 is 1.65 bits per heavy atom. The summed E-state index contributed by atoms with van der Waals surface area (Å²) < 4.78 is 19.6. The molecule has 0 atom stereocenters. The second-order valence-corrected chi connectivity index (χ2v) is 13.0. The second-order valence-electron chi connectivity index (χ2n) is 13.0. The Morgan fingerprint density at radius 1 is 0.423 bits per heavy atom. The number of rotatable bonds is 4. The van der Waals surface area contributed by atoms with E-state index in [1.54, 1.807) is 0 Å². The lowest BCUT2D eigenvalue weighted by atomic mass is 9.98. The van der Waals surface area contributed by atoms with Crippen molar-refractivity contribution in [1.29, 1.82) is 0 Å². The molecule has 0 amide bonds. The van der Waals surface area contributed by atoms with Gasteiger partial charge in [-0.3, -0.25) is 4.90 Å². The summed E-state index contributed by atoms with van der Waals surface area (Å²) in [4.78, 5) is 12.5. The summed E-state index contributed by atoms with van der Waals surface area (Å²) in [5.41, 5.74) is 11.1. The largest absolute Gasteiger partial charge is 0.456 e. The highest BCUT2D eigenvalue weighted by molar-refractivity contribution is 6.13. The number of furan rings is 1. The van der Waals surface area contributed by atoms with Gasteiger partial charge in [0.15, 0.2) is 28.8 Å². The van der Waals surface area contributed by atoms with Crippen molar-refractivity contribution >= 4 is 39.0 Å². The van der Waals surface area contributed by atoms with E-state index >= 15 is 0 Å². The van der Waals surface area contributed by atoms with Crippen molar-refractivity contribution in [3.8, 4) is 68.0 Å². The standard InChI is InChI=1S/C46H27N3O3/c1-3-12-28(13-4-1)34-27-35(29-14-5-2-6-15-29)48-46(47-34)32-16-11-21-41-44(32)33-24-30(22-23-38(33)50-41)31-25-42-45-43(26-31)52-40-20-10-8-18-37(40)49(45)36-17-7-9-19-39(36)51-42/h1-27H. The first-order chi connectivity index (χ1) is 25.7. The zero-order chi connectivity index (χ0) is 34.2. The van der Waals surface area contributed by atoms with Gasteiger partial charge in [-0.05, 0) is 71.8 Å². The molecule has 0 spiro atoms. The van der Waals surface area contributed by atoms with E-state index in [4.69, 9.17) is 23.9 Å². The molecule has 6 nitrogen and oxygen atoms in total. The van der Waals surface area contributed by atoms with Crippen LogP contribution in [0, 0.1) is 0 Å². The van der Waals surface area contributed by atoms with Crippen LogP contribution in [0.15, 0.2) is 168 Å². The van der Waals surface area contributed by atoms with Crippen LogP contribution >= 0.6 is 0 Å². The number of aromatic nitrogens is 2. The Hall–Kier alpha value is -7.18. The lowest BCUT2D eigenvalue weighted by Crippen LogP contribution is -2.20. The van der Waals surface area contributed by atoms with E-state index in [1.165, 1.54) is 0 Å². The molecule has 52 heavy (non-hydrogen) atoms. The molecule has 0 N–H and O–H groups in total. The van der Waals surface area contributed by atoms with Crippen molar-refractivity contribution in [2.45, 2.75) is 0 Å². The van der Waals surface area contributed by atoms with E-state index in [2.05, 4.69) is 77.7 Å². The SMILES string of the molecule is c1ccc(-c2cc(-c3ccccc3)nc(-c3cccc4oc5ccc(-c6cc7c8c(c6)Oc6ccccc6N8c6ccccc6O7)cc5c34)n2)cc1. The highest BCUT2D eigenvalue weighted by Crippen LogP contribution is 2.60. The Labute approximate surface area is 298 Å². The number of ether oxygens (including phenoxy) is 2. The van der Waals surface area contributed by atoms with E-state index in [1.807, 2.05) is 91.0 Å². The molecule has 0 bridgehead atoms. The number of anilines is 3. The molecule has 244 valence electrons. The molecule has 4 heterocycles. The Bertz CT molecular complexity index is 2740. The van der Waals surface area contributed by atoms with Gasteiger partial charge >= 0.3 is 0 Å². The zero-order valence-corrected chi connectivity index (χ0v) is 27.7. The minimum absolute atomic E-state index is 0.635. The normalized spacial score (nSPS) is 12.5. The van der Waals surface area contributed by atoms with Crippen molar-refractivity contribution in [3.05, 3.63) is 164 Å². The summed E-state index contributed by atoms with van der Waals surface area (Å²) in [5, 5.41) is 1.94. The lowest BCUT2D eigenvalue weighted by Gasteiger charge is -2.38. The second kappa shape index (κ2) is 11.2. The molecule has 2 aromatic heterocycles. The van der Waals surface area contributed by atoms with Crippen molar-refractivity contribution in [1.82, 2.24) is 9.97 Å². The minimum Gasteiger partial charge on any atom is -0.456 e. The van der Waals surface area contributed by atoms with Gasteiger partial charge in [0.1, 0.15) is 16.9 Å². The molecule has 0 unspecified atom stereocenters. The zero-order valence-electron chi connectivity index (χ0n) is 27.7. The van der Waals surface area contributed by atoms with Gasteiger partial charge in [-0.25, -0.2) is 9.97 Å². The maximum Gasteiger partial charge on any atom is 0.161 e. The van der Waals surface area contributed by atoms with Gasteiger partial charge < -0.3 is 13.9 Å². The van der Waals surface area contributed by atoms with Crippen molar-refractivity contribution in [2.24, 2.45) is 0 Å². The summed E-state index contributed by atoms with van der Waals surface area (Å²) in [6.45, 7) is 0. The van der Waals surface area contributed by atoms with Crippen molar-refractivity contribution in [3.63, 3.8) is 0 Å². The fourth-order valence-corrected chi connectivity index (χ4v) is 7.46. The molecule has 2 aliphatic rings. The number of hydrogen-bond donors (Lipinski definition) is 0. The third-order valence-electron chi connectivity index (χ3n) is 9.85. The van der Waals surface area contributed by atoms with Crippen LogP contribution in [0.2, 0.25) is 0 Å². The first kappa shape index (κ1) is 28.6. The Balaban J connectivity index is 1.09. The van der Waals surface area contributed by atoms with Gasteiger partial charge in [0.2, 0.25) is 0 Å². The van der Waals surface area contributed by atoms with E-state index in [9.17, 15) is 0 Å². The number of benzene rings is 7. The van der Waals surface area contributed by atoms with Gasteiger partial charge in [-0.15, -0.1) is 0 Å². The fraction of sp³-hybridized carbons (Fsp3) is 0. The number of hydrogen-bond acceptors (Lipinski definition) is 6. The quantitative estimate of drug-likeness (QED) is 0.186. The first-order valence-electron chi connectivity index (χ1n) is 17.2. The van der Waals surface area contributed by atoms with Crippen LogP contribution in [0.3, 0.4) is 0 Å². The van der Waals surface area contributed by atoms with Crippen LogP contribution in [0.5, 0.6) is 23.0 Å². The summed E-state index contributed by atoms with van der Waals surface area (Å²) in [6, 6.07) is 55.4. The van der Waals surface area contributed by atoms with Gasteiger partial charge in [0.05, 0.1) is 22.8 Å². The average Bonchev–Trinajstić information content (AvgIpc) is 3.59. The monoisotopic (exact) mass is 669 g/mol. The van der Waals surface area contributed by atoms with Crippen LogP contribution < -0.4 is 14.4 Å². The Kier molecular flexibility index (Phi) is 6.15. The van der Waals surface area contributed by atoms with Crippen LogP contribution in [-0.2, 0) is 0 Å². The van der Waals surface area contributed by atoms with E-state index in [0.29, 0.717) is 5.82 Å². The predicted molar refractivity (Wildman–Crippen MR) is 206 cm³/mol. The Morgan fingerprint density at radius 2 is 1.02 bits per heavy atom. The molecule has 9 aromatic rings. The fourth-order valence-electron chi connectivity index (χ4n) is 7.46. The molecule has 7 aromatic carbocycles. The average molecular weight is 670 g/mol. The predicted octanol–water partition coefficient (Wildman–Crippen LogP) is 12.7. The smallest absolute Gasteiger partial charge is 0.161 e. The molecule has 0 saturated carbocycles. The highest BCUT2D eigenvalue weighted by Gasteiger charge is 2.35. The molecule has 0 radical (unpaired) electrons. The van der Waals surface area contributed by atoms with Crippen LogP contribution in [-0.4, -0.2) is 9.97 Å². The van der Waals surface area contributed by atoms with Gasteiger partial charge in [0, 0.05) is 27.5 Å². The van der Waals surface area contributed by atoms with Gasteiger partial charge in [-0.2, -0.15) is 0 Å². The number of para-hydroxylation sites is 4. The molecule has 0 fully saturated rings. The van der Waals surface area contributed by atoms with E-state index in [0.717, 1.165) is 101 Å². The van der Waals surface area contributed by atoms with Crippen LogP contribution in [0.4, 0.5) is 17.1 Å². The van der Waals surface area contributed by atoms with Gasteiger partial charge in [0.25, 0.3) is 0 Å². The first-order valence-corrected chi connectivity index (χ1v) is 17.2. The summed E-state index contributed by atoms with van der Waals surface area (Å²) in [5.74, 6) is 3.69. The summed E-state index contributed by atoms with van der Waals surface area (Å²) in [6.07, 6.45) is 0. The van der Waals surface area contributed by atoms with Crippen LogP contribution in [0.25, 0.3) is 67.0 Å². The van der Waals surface area contributed by atoms with E-state index in [-0.39, 0.29) is 0 Å². The van der Waals surface area contributed by atoms with Crippen LogP contribution in [0.1, 0.15) is 0 Å². The van der Waals surface area contributed by atoms with Gasteiger partial charge in [-0.1, -0.05) is 103 Å². The number of nitrogens with zero attached hydrogens (tertiary/aromatic N) is 3. The van der Waals surface area contributed by atoms with Crippen molar-refractivity contribution in [2.75, 3.05) is 4.90 Å².